The molecule has 1 aromatic carbocycles. The fourth-order valence-electron chi connectivity index (χ4n) is 1.56. The van der Waals surface area contributed by atoms with Crippen molar-refractivity contribution in [2.75, 3.05) is 21.3 Å². The van der Waals surface area contributed by atoms with Crippen LogP contribution in [0.15, 0.2) is 28.7 Å². The summed E-state index contributed by atoms with van der Waals surface area (Å²) >= 11 is 0. The van der Waals surface area contributed by atoms with Gasteiger partial charge < -0.3 is 18.6 Å². The van der Waals surface area contributed by atoms with Gasteiger partial charge in [-0.1, -0.05) is 0 Å². The molecule has 2 rings (SSSR count). The molecule has 0 aliphatic carbocycles. The largest absolute Gasteiger partial charge is 0.497 e. The van der Waals surface area contributed by atoms with Crippen molar-refractivity contribution in [3.8, 4) is 23.0 Å². The highest BCUT2D eigenvalue weighted by Crippen LogP contribution is 2.29. The maximum absolute atomic E-state index is 11.0. The molecular formula is C14H14N2O5. The second-order valence-corrected chi connectivity index (χ2v) is 3.90. The fourth-order valence-corrected chi connectivity index (χ4v) is 1.56. The van der Waals surface area contributed by atoms with Gasteiger partial charge in [0.1, 0.15) is 11.5 Å². The lowest BCUT2D eigenvalue weighted by molar-refractivity contribution is -0.134. The Morgan fingerprint density at radius 3 is 2.33 bits per heavy atom. The summed E-state index contributed by atoms with van der Waals surface area (Å²) < 4.78 is 20.3. The third-order valence-electron chi connectivity index (χ3n) is 2.60. The molecular weight excluding hydrogens is 276 g/mol. The van der Waals surface area contributed by atoms with E-state index in [1.54, 1.807) is 32.4 Å². The molecule has 0 saturated carbocycles. The van der Waals surface area contributed by atoms with Crippen molar-refractivity contribution in [2.24, 2.45) is 0 Å². The van der Waals surface area contributed by atoms with Gasteiger partial charge in [0.15, 0.2) is 0 Å². The van der Waals surface area contributed by atoms with Gasteiger partial charge in [-0.15, -0.1) is 10.2 Å². The molecule has 0 atom stereocenters. The maximum Gasteiger partial charge on any atom is 0.330 e. The smallest absolute Gasteiger partial charge is 0.330 e. The number of hydrogen-bond acceptors (Lipinski definition) is 7. The Kier molecular flexibility index (Phi) is 4.55. The van der Waals surface area contributed by atoms with Crippen LogP contribution < -0.4 is 9.47 Å². The monoisotopic (exact) mass is 290 g/mol. The first-order valence-corrected chi connectivity index (χ1v) is 5.99. The normalized spacial score (nSPS) is 10.6. The highest BCUT2D eigenvalue weighted by atomic mass is 16.5. The topological polar surface area (TPSA) is 83.7 Å². The lowest BCUT2D eigenvalue weighted by Crippen LogP contribution is -1.93. The molecule has 0 bridgehead atoms. The molecule has 0 unspecified atom stereocenters. The lowest BCUT2D eigenvalue weighted by atomic mass is 10.2. The van der Waals surface area contributed by atoms with Crippen molar-refractivity contribution in [2.45, 2.75) is 0 Å². The van der Waals surface area contributed by atoms with Gasteiger partial charge in [-0.2, -0.15) is 0 Å². The van der Waals surface area contributed by atoms with E-state index in [0.717, 1.165) is 0 Å². The number of hydrogen-bond donors (Lipinski definition) is 0. The van der Waals surface area contributed by atoms with Crippen LogP contribution in [-0.2, 0) is 9.53 Å². The molecule has 21 heavy (non-hydrogen) atoms. The molecule has 0 radical (unpaired) electrons. The first-order chi connectivity index (χ1) is 10.2. The summed E-state index contributed by atoms with van der Waals surface area (Å²) in [6, 6.07) is 5.21. The van der Waals surface area contributed by atoms with Crippen molar-refractivity contribution < 1.29 is 23.4 Å². The Balaban J connectivity index is 2.28. The minimum absolute atomic E-state index is 0.192. The van der Waals surface area contributed by atoms with Crippen LogP contribution in [-0.4, -0.2) is 37.5 Å². The predicted molar refractivity (Wildman–Crippen MR) is 73.9 cm³/mol. The first kappa shape index (κ1) is 14.6. The summed E-state index contributed by atoms with van der Waals surface area (Å²) in [5.41, 5.74) is 0.649. The first-order valence-electron chi connectivity index (χ1n) is 5.99. The average molecular weight is 290 g/mol. The number of methoxy groups -OCH3 is 3. The van der Waals surface area contributed by atoms with E-state index in [4.69, 9.17) is 13.9 Å². The second-order valence-electron chi connectivity index (χ2n) is 3.90. The summed E-state index contributed by atoms with van der Waals surface area (Å²) in [4.78, 5) is 11.0. The quantitative estimate of drug-likeness (QED) is 0.614. The number of nitrogens with zero attached hydrogens (tertiary/aromatic N) is 2. The summed E-state index contributed by atoms with van der Waals surface area (Å²) in [6.07, 6.45) is 2.57. The number of esters is 1. The maximum atomic E-state index is 11.0. The molecule has 1 heterocycles. The van der Waals surface area contributed by atoms with Gasteiger partial charge in [-0.05, 0) is 12.1 Å². The van der Waals surface area contributed by atoms with Crippen LogP contribution in [0.25, 0.3) is 17.5 Å². The molecule has 0 spiro atoms. The van der Waals surface area contributed by atoms with Gasteiger partial charge in [0.25, 0.3) is 0 Å². The number of rotatable bonds is 5. The summed E-state index contributed by atoms with van der Waals surface area (Å²) in [5, 5.41) is 7.73. The third kappa shape index (κ3) is 3.59. The van der Waals surface area contributed by atoms with Crippen LogP contribution in [0.2, 0.25) is 0 Å². The van der Waals surface area contributed by atoms with Crippen LogP contribution >= 0.6 is 0 Å². The van der Waals surface area contributed by atoms with Crippen molar-refractivity contribution in [3.05, 3.63) is 30.2 Å². The van der Waals surface area contributed by atoms with Gasteiger partial charge in [-0.25, -0.2) is 4.79 Å². The SMILES string of the molecule is COC(=O)/C=C/c1nnc(-c2cc(OC)cc(OC)c2)o1. The Morgan fingerprint density at radius 2 is 1.76 bits per heavy atom. The molecule has 0 amide bonds. The van der Waals surface area contributed by atoms with Crippen LogP contribution in [0.1, 0.15) is 5.89 Å². The Bertz CT molecular complexity index is 641. The highest BCUT2D eigenvalue weighted by Gasteiger charge is 2.10. The average Bonchev–Trinajstić information content (AvgIpc) is 3.00. The summed E-state index contributed by atoms with van der Waals surface area (Å²) in [7, 11) is 4.39. The van der Waals surface area contributed by atoms with Gasteiger partial charge in [0.05, 0.1) is 21.3 Å². The van der Waals surface area contributed by atoms with Crippen molar-refractivity contribution in [3.63, 3.8) is 0 Å². The van der Waals surface area contributed by atoms with E-state index in [2.05, 4.69) is 14.9 Å². The summed E-state index contributed by atoms with van der Waals surface area (Å²) in [6.45, 7) is 0. The van der Waals surface area contributed by atoms with E-state index in [-0.39, 0.29) is 11.8 Å². The van der Waals surface area contributed by atoms with Crippen molar-refractivity contribution in [1.29, 1.82) is 0 Å². The number of ether oxygens (including phenoxy) is 3. The molecule has 0 fully saturated rings. The lowest BCUT2D eigenvalue weighted by Gasteiger charge is -2.05. The number of carbonyl (C=O) groups excluding carboxylic acids is 1. The van der Waals surface area contributed by atoms with E-state index in [0.29, 0.717) is 17.1 Å². The number of benzene rings is 1. The minimum Gasteiger partial charge on any atom is -0.497 e. The van der Waals surface area contributed by atoms with Gasteiger partial charge >= 0.3 is 5.97 Å². The van der Waals surface area contributed by atoms with Gasteiger partial charge in [-0.3, -0.25) is 0 Å². The molecule has 0 aliphatic rings. The zero-order valence-electron chi connectivity index (χ0n) is 11.8. The van der Waals surface area contributed by atoms with Crippen LogP contribution in [0, 0.1) is 0 Å². The molecule has 0 N–H and O–H groups in total. The predicted octanol–water partition coefficient (Wildman–Crippen LogP) is 1.94. The Hall–Kier alpha value is -2.83. The van der Waals surface area contributed by atoms with E-state index >= 15 is 0 Å². The van der Waals surface area contributed by atoms with Gasteiger partial charge in [0, 0.05) is 23.8 Å². The van der Waals surface area contributed by atoms with E-state index < -0.39 is 5.97 Å². The van der Waals surface area contributed by atoms with Crippen molar-refractivity contribution in [1.82, 2.24) is 10.2 Å². The van der Waals surface area contributed by atoms with Crippen LogP contribution in [0.3, 0.4) is 0 Å². The number of aromatic nitrogens is 2. The van der Waals surface area contributed by atoms with Crippen molar-refractivity contribution >= 4 is 12.0 Å². The zero-order chi connectivity index (χ0) is 15.2. The molecule has 2 aromatic rings. The van der Waals surface area contributed by atoms with E-state index in [1.807, 2.05) is 0 Å². The van der Waals surface area contributed by atoms with Crippen LogP contribution in [0.5, 0.6) is 11.5 Å². The fraction of sp³-hybridized carbons (Fsp3) is 0.214. The Labute approximate surface area is 121 Å². The molecule has 0 saturated heterocycles. The molecule has 110 valence electrons. The van der Waals surface area contributed by atoms with E-state index in [9.17, 15) is 4.79 Å². The Morgan fingerprint density at radius 1 is 1.10 bits per heavy atom. The molecule has 0 aliphatic heterocycles. The zero-order valence-corrected chi connectivity index (χ0v) is 11.8. The van der Waals surface area contributed by atoms with Crippen LogP contribution in [0.4, 0.5) is 0 Å². The molecule has 7 nitrogen and oxygen atoms in total. The van der Waals surface area contributed by atoms with E-state index in [1.165, 1.54) is 19.3 Å². The highest BCUT2D eigenvalue weighted by molar-refractivity contribution is 5.86. The second kappa shape index (κ2) is 6.56. The standard InChI is InChI=1S/C14H14N2O5/c1-18-10-6-9(7-11(8-10)19-2)14-16-15-12(21-14)4-5-13(17)20-3/h4-8H,1-3H3/b5-4+. The summed E-state index contributed by atoms with van der Waals surface area (Å²) in [5.74, 6) is 1.19. The number of carbonyl (C=O) groups is 1. The minimum atomic E-state index is -0.502. The third-order valence-corrected chi connectivity index (χ3v) is 2.60. The van der Waals surface area contributed by atoms with Gasteiger partial charge in [0.2, 0.25) is 11.8 Å². The molecule has 1 aromatic heterocycles. The molecule has 7 heteroatoms.